The molecule has 0 radical (unpaired) electrons. The molecule has 7 heteroatoms. The minimum atomic E-state index is -0.270. The number of carbonyl (C=O) groups excluding carboxylic acids is 1. The minimum Gasteiger partial charge on any atom is -0.496 e. The highest BCUT2D eigenvalue weighted by Crippen LogP contribution is 2.26. The van der Waals surface area contributed by atoms with E-state index >= 15 is 0 Å². The Kier molecular flexibility index (Phi) is 7.00. The third-order valence-electron chi connectivity index (χ3n) is 4.21. The van der Waals surface area contributed by atoms with Gasteiger partial charge in [-0.3, -0.25) is 4.79 Å². The largest absolute Gasteiger partial charge is 0.496 e. The second-order valence-electron chi connectivity index (χ2n) is 6.16. The zero-order chi connectivity index (χ0) is 20.5. The van der Waals surface area contributed by atoms with Gasteiger partial charge < -0.3 is 20.1 Å². The Morgan fingerprint density at radius 2 is 1.76 bits per heavy atom. The number of rotatable bonds is 9. The zero-order valence-corrected chi connectivity index (χ0v) is 16.5. The summed E-state index contributed by atoms with van der Waals surface area (Å²) in [6.07, 6.45) is 3.64. The van der Waals surface area contributed by atoms with Crippen LogP contribution in [0, 0.1) is 0 Å². The second kappa shape index (κ2) is 10.1. The molecule has 29 heavy (non-hydrogen) atoms. The van der Waals surface area contributed by atoms with Gasteiger partial charge >= 0.3 is 0 Å². The molecule has 0 aliphatic carbocycles. The van der Waals surface area contributed by atoms with Gasteiger partial charge in [-0.25, -0.2) is 9.97 Å². The maximum absolute atomic E-state index is 12.3. The molecule has 2 N–H and O–H groups in total. The van der Waals surface area contributed by atoms with E-state index in [9.17, 15) is 4.79 Å². The fourth-order valence-electron chi connectivity index (χ4n) is 2.81. The number of carbonyl (C=O) groups is 1. The van der Waals surface area contributed by atoms with Gasteiger partial charge in [0.1, 0.15) is 23.0 Å². The molecule has 0 aliphatic rings. The standard InChI is InChI=1S/C22H24N4O3/c1-3-29-20-11-7-5-9-17(20)26-21-15-24-18(14-25-21)22(27)23-13-12-16-8-4-6-10-19(16)28-2/h4-11,14-15H,3,12-13H2,1-2H3,(H,23,27)(H,25,26). The van der Waals surface area contributed by atoms with Crippen molar-refractivity contribution in [2.45, 2.75) is 13.3 Å². The Morgan fingerprint density at radius 1 is 1.00 bits per heavy atom. The average molecular weight is 392 g/mol. The number of methoxy groups -OCH3 is 1. The molecular weight excluding hydrogens is 368 g/mol. The van der Waals surface area contributed by atoms with E-state index in [0.717, 1.165) is 22.7 Å². The van der Waals surface area contributed by atoms with Crippen LogP contribution in [0.3, 0.4) is 0 Å². The maximum atomic E-state index is 12.3. The number of benzene rings is 2. The normalized spacial score (nSPS) is 10.3. The van der Waals surface area contributed by atoms with Crippen molar-refractivity contribution in [3.8, 4) is 11.5 Å². The summed E-state index contributed by atoms with van der Waals surface area (Å²) in [7, 11) is 1.63. The van der Waals surface area contributed by atoms with Gasteiger partial charge in [-0.1, -0.05) is 30.3 Å². The SMILES string of the molecule is CCOc1ccccc1Nc1cnc(C(=O)NCCc2ccccc2OC)cn1. The first kappa shape index (κ1) is 20.1. The number of anilines is 2. The Labute approximate surface area is 170 Å². The van der Waals surface area contributed by atoms with Crippen LogP contribution in [-0.2, 0) is 6.42 Å². The van der Waals surface area contributed by atoms with Crippen LogP contribution < -0.4 is 20.1 Å². The summed E-state index contributed by atoms with van der Waals surface area (Å²) in [5.74, 6) is 1.80. The second-order valence-corrected chi connectivity index (χ2v) is 6.16. The minimum absolute atomic E-state index is 0.258. The van der Waals surface area contributed by atoms with E-state index in [4.69, 9.17) is 9.47 Å². The Balaban J connectivity index is 1.56. The van der Waals surface area contributed by atoms with Crippen molar-refractivity contribution in [2.75, 3.05) is 25.6 Å². The lowest BCUT2D eigenvalue weighted by atomic mass is 10.1. The molecule has 0 fully saturated rings. The number of nitrogens with zero attached hydrogens (tertiary/aromatic N) is 2. The van der Waals surface area contributed by atoms with Crippen LogP contribution in [0.1, 0.15) is 23.0 Å². The lowest BCUT2D eigenvalue weighted by molar-refractivity contribution is 0.0948. The van der Waals surface area contributed by atoms with Gasteiger partial charge in [0.2, 0.25) is 0 Å². The molecule has 0 spiro atoms. The van der Waals surface area contributed by atoms with Crippen molar-refractivity contribution >= 4 is 17.4 Å². The molecule has 150 valence electrons. The third-order valence-corrected chi connectivity index (χ3v) is 4.21. The van der Waals surface area contributed by atoms with E-state index in [1.807, 2.05) is 55.5 Å². The molecule has 1 amide bonds. The first-order valence-corrected chi connectivity index (χ1v) is 9.42. The van der Waals surface area contributed by atoms with Gasteiger partial charge in [-0.2, -0.15) is 0 Å². The van der Waals surface area contributed by atoms with Gasteiger partial charge in [0, 0.05) is 6.54 Å². The third kappa shape index (κ3) is 5.44. The van der Waals surface area contributed by atoms with E-state index in [1.165, 1.54) is 12.4 Å². The van der Waals surface area contributed by atoms with Crippen LogP contribution in [-0.4, -0.2) is 36.1 Å². The number of hydrogen-bond acceptors (Lipinski definition) is 6. The summed E-state index contributed by atoms with van der Waals surface area (Å²) in [6.45, 7) is 2.97. The highest BCUT2D eigenvalue weighted by Gasteiger charge is 2.10. The lowest BCUT2D eigenvalue weighted by Crippen LogP contribution is -2.26. The molecule has 7 nitrogen and oxygen atoms in total. The van der Waals surface area contributed by atoms with E-state index in [0.29, 0.717) is 25.4 Å². The topological polar surface area (TPSA) is 85.4 Å². The average Bonchev–Trinajstić information content (AvgIpc) is 2.76. The number of aromatic nitrogens is 2. The smallest absolute Gasteiger partial charge is 0.271 e. The zero-order valence-electron chi connectivity index (χ0n) is 16.5. The first-order valence-electron chi connectivity index (χ1n) is 9.42. The van der Waals surface area contributed by atoms with E-state index in [1.54, 1.807) is 7.11 Å². The quantitative estimate of drug-likeness (QED) is 0.579. The van der Waals surface area contributed by atoms with Crippen molar-refractivity contribution in [3.05, 3.63) is 72.2 Å². The maximum Gasteiger partial charge on any atom is 0.271 e. The molecule has 0 atom stereocenters. The number of amides is 1. The van der Waals surface area contributed by atoms with Crippen molar-refractivity contribution in [1.82, 2.24) is 15.3 Å². The summed E-state index contributed by atoms with van der Waals surface area (Å²) < 4.78 is 10.9. The Bertz CT molecular complexity index is 945. The summed E-state index contributed by atoms with van der Waals surface area (Å²) in [6, 6.07) is 15.3. The van der Waals surface area contributed by atoms with Crippen LogP contribution in [0.2, 0.25) is 0 Å². The fraction of sp³-hybridized carbons (Fsp3) is 0.227. The van der Waals surface area contributed by atoms with Crippen LogP contribution in [0.4, 0.5) is 11.5 Å². The predicted molar refractivity (Wildman–Crippen MR) is 112 cm³/mol. The molecule has 0 saturated carbocycles. The Hall–Kier alpha value is -3.61. The van der Waals surface area contributed by atoms with Gasteiger partial charge in [0.25, 0.3) is 5.91 Å². The fourth-order valence-corrected chi connectivity index (χ4v) is 2.81. The molecule has 1 aromatic heterocycles. The first-order chi connectivity index (χ1) is 14.2. The lowest BCUT2D eigenvalue weighted by Gasteiger charge is -2.11. The molecule has 0 bridgehead atoms. The summed E-state index contributed by atoms with van der Waals surface area (Å²) >= 11 is 0. The van der Waals surface area contributed by atoms with Crippen LogP contribution in [0.5, 0.6) is 11.5 Å². The molecule has 3 rings (SSSR count). The van der Waals surface area contributed by atoms with Gasteiger partial charge in [-0.15, -0.1) is 0 Å². The monoisotopic (exact) mass is 392 g/mol. The van der Waals surface area contributed by atoms with E-state index in [2.05, 4.69) is 20.6 Å². The Morgan fingerprint density at radius 3 is 2.48 bits per heavy atom. The number of hydrogen-bond donors (Lipinski definition) is 2. The van der Waals surface area contributed by atoms with Crippen molar-refractivity contribution < 1.29 is 14.3 Å². The van der Waals surface area contributed by atoms with Crippen molar-refractivity contribution in [1.29, 1.82) is 0 Å². The molecule has 2 aromatic carbocycles. The number of para-hydroxylation sites is 3. The van der Waals surface area contributed by atoms with E-state index < -0.39 is 0 Å². The molecule has 0 aliphatic heterocycles. The summed E-state index contributed by atoms with van der Waals surface area (Å²) in [5.41, 5.74) is 2.08. The molecule has 0 saturated heterocycles. The van der Waals surface area contributed by atoms with Gasteiger partial charge in [0.15, 0.2) is 0 Å². The van der Waals surface area contributed by atoms with E-state index in [-0.39, 0.29) is 11.6 Å². The predicted octanol–water partition coefficient (Wildman–Crippen LogP) is 3.60. The highest BCUT2D eigenvalue weighted by atomic mass is 16.5. The summed E-state index contributed by atoms with van der Waals surface area (Å²) in [5, 5.41) is 6.01. The molecule has 3 aromatic rings. The van der Waals surface area contributed by atoms with Crippen LogP contribution >= 0.6 is 0 Å². The highest BCUT2D eigenvalue weighted by molar-refractivity contribution is 5.92. The van der Waals surface area contributed by atoms with Gasteiger partial charge in [0.05, 0.1) is 31.8 Å². The van der Waals surface area contributed by atoms with Gasteiger partial charge in [-0.05, 0) is 37.1 Å². The number of ether oxygens (including phenoxy) is 2. The number of nitrogens with one attached hydrogen (secondary N) is 2. The van der Waals surface area contributed by atoms with Crippen LogP contribution in [0.25, 0.3) is 0 Å². The summed E-state index contributed by atoms with van der Waals surface area (Å²) in [4.78, 5) is 20.8. The van der Waals surface area contributed by atoms with Crippen molar-refractivity contribution in [2.24, 2.45) is 0 Å². The molecular formula is C22H24N4O3. The molecule has 1 heterocycles. The molecule has 0 unspecified atom stereocenters. The van der Waals surface area contributed by atoms with Crippen LogP contribution in [0.15, 0.2) is 60.9 Å². The van der Waals surface area contributed by atoms with Crippen molar-refractivity contribution in [3.63, 3.8) is 0 Å².